The summed E-state index contributed by atoms with van der Waals surface area (Å²) in [6.07, 6.45) is 9.03. The van der Waals surface area contributed by atoms with Crippen LogP contribution in [0.5, 0.6) is 11.5 Å². The van der Waals surface area contributed by atoms with Gasteiger partial charge in [0.15, 0.2) is 5.11 Å². The SMILES string of the molecule is CCOc1ccc(-n2cccc2[C@H]2[C@H](c3ccccn3)NC(=S)N2c2ccc(OC3CCCC3)cc2)cc1. The molecule has 0 radical (unpaired) electrons. The number of hydrogen-bond donors (Lipinski definition) is 1. The number of aromatic nitrogens is 2. The summed E-state index contributed by atoms with van der Waals surface area (Å²) >= 11 is 5.94. The van der Waals surface area contributed by atoms with E-state index in [0.717, 1.165) is 47.1 Å². The first-order chi connectivity index (χ1) is 18.7. The van der Waals surface area contributed by atoms with Crippen LogP contribution in [0.3, 0.4) is 0 Å². The lowest BCUT2D eigenvalue weighted by Crippen LogP contribution is -2.30. The number of hydrogen-bond acceptors (Lipinski definition) is 4. The Bertz CT molecular complexity index is 1370. The molecule has 4 aromatic rings. The summed E-state index contributed by atoms with van der Waals surface area (Å²) < 4.78 is 14.1. The Hall–Kier alpha value is -3.84. The summed E-state index contributed by atoms with van der Waals surface area (Å²) in [6, 6.07) is 26.6. The maximum absolute atomic E-state index is 6.22. The maximum atomic E-state index is 6.22. The van der Waals surface area contributed by atoms with Crippen molar-refractivity contribution in [1.29, 1.82) is 0 Å². The van der Waals surface area contributed by atoms with Gasteiger partial charge in [0.25, 0.3) is 0 Å². The number of thiocarbonyl (C=S) groups is 1. The van der Waals surface area contributed by atoms with Gasteiger partial charge in [-0.1, -0.05) is 6.07 Å². The molecule has 1 saturated heterocycles. The van der Waals surface area contributed by atoms with Gasteiger partial charge >= 0.3 is 0 Å². The van der Waals surface area contributed by atoms with Crippen LogP contribution in [0, 0.1) is 0 Å². The minimum atomic E-state index is -0.116. The minimum absolute atomic E-state index is 0.111. The highest BCUT2D eigenvalue weighted by atomic mass is 32.1. The van der Waals surface area contributed by atoms with Crippen molar-refractivity contribution in [2.75, 3.05) is 11.5 Å². The molecular formula is C31H32N4O2S. The van der Waals surface area contributed by atoms with Gasteiger partial charge in [-0.15, -0.1) is 0 Å². The van der Waals surface area contributed by atoms with Gasteiger partial charge in [-0.3, -0.25) is 4.98 Å². The standard InChI is InChI=1S/C31H32N4O2S/c1-2-36-24-16-12-22(13-17-24)34-21-7-11-28(34)30-29(27-10-5-6-20-32-27)33-31(38)35(30)23-14-18-26(19-15-23)37-25-8-3-4-9-25/h5-7,10-21,25,29-30H,2-4,8-9H2,1H3,(H,33,38)/t29-,30-/m0/s1. The number of nitrogens with zero attached hydrogens (tertiary/aromatic N) is 3. The molecule has 0 unspecified atom stereocenters. The van der Waals surface area contributed by atoms with E-state index in [1.807, 2.05) is 37.4 Å². The number of ether oxygens (including phenoxy) is 2. The van der Waals surface area contributed by atoms with Crippen LogP contribution < -0.4 is 19.7 Å². The quantitative estimate of drug-likeness (QED) is 0.257. The second-order valence-electron chi connectivity index (χ2n) is 9.74. The molecule has 6 rings (SSSR count). The van der Waals surface area contributed by atoms with Crippen molar-refractivity contribution in [2.24, 2.45) is 0 Å². The predicted octanol–water partition coefficient (Wildman–Crippen LogP) is 6.77. The van der Waals surface area contributed by atoms with Gasteiger partial charge in [-0.2, -0.15) is 0 Å². The van der Waals surface area contributed by atoms with Crippen molar-refractivity contribution in [3.63, 3.8) is 0 Å². The molecule has 2 atom stereocenters. The van der Waals surface area contributed by atoms with Gasteiger partial charge in [-0.25, -0.2) is 0 Å². The smallest absolute Gasteiger partial charge is 0.174 e. The first-order valence-corrected chi connectivity index (χ1v) is 13.8. The van der Waals surface area contributed by atoms with Crippen molar-refractivity contribution < 1.29 is 9.47 Å². The fraction of sp³-hybridized carbons (Fsp3) is 0.290. The van der Waals surface area contributed by atoms with Crippen molar-refractivity contribution in [3.8, 4) is 17.2 Å². The average molecular weight is 525 g/mol. The first-order valence-electron chi connectivity index (χ1n) is 13.4. The Balaban J connectivity index is 1.37. The third kappa shape index (κ3) is 4.86. The minimum Gasteiger partial charge on any atom is -0.494 e. The highest BCUT2D eigenvalue weighted by Gasteiger charge is 2.42. The number of anilines is 1. The van der Waals surface area contributed by atoms with E-state index in [-0.39, 0.29) is 12.1 Å². The lowest BCUT2D eigenvalue weighted by molar-refractivity contribution is 0.210. The van der Waals surface area contributed by atoms with Crippen molar-refractivity contribution in [2.45, 2.75) is 50.8 Å². The molecule has 2 aromatic carbocycles. The van der Waals surface area contributed by atoms with Crippen molar-refractivity contribution >= 4 is 23.0 Å². The Morgan fingerprint density at radius 1 is 0.895 bits per heavy atom. The molecule has 0 amide bonds. The summed E-state index contributed by atoms with van der Waals surface area (Å²) in [7, 11) is 0. The zero-order chi connectivity index (χ0) is 25.9. The molecular weight excluding hydrogens is 492 g/mol. The zero-order valence-corrected chi connectivity index (χ0v) is 22.3. The summed E-state index contributed by atoms with van der Waals surface area (Å²) in [5.74, 6) is 1.77. The second-order valence-corrected chi connectivity index (χ2v) is 10.1. The maximum Gasteiger partial charge on any atom is 0.174 e. The van der Waals surface area contributed by atoms with Crippen LogP contribution in [0.15, 0.2) is 91.3 Å². The highest BCUT2D eigenvalue weighted by molar-refractivity contribution is 7.80. The largest absolute Gasteiger partial charge is 0.494 e. The summed E-state index contributed by atoms with van der Waals surface area (Å²) in [6.45, 7) is 2.64. The molecule has 2 fully saturated rings. The zero-order valence-electron chi connectivity index (χ0n) is 21.5. The van der Waals surface area contributed by atoms with E-state index in [1.54, 1.807) is 0 Å². The molecule has 0 bridgehead atoms. The Kier molecular flexibility index (Phi) is 7.01. The molecule has 3 heterocycles. The van der Waals surface area contributed by atoms with Gasteiger partial charge in [-0.05, 0) is 118 Å². The molecule has 7 heteroatoms. The predicted molar refractivity (Wildman–Crippen MR) is 154 cm³/mol. The third-order valence-electron chi connectivity index (χ3n) is 7.33. The van der Waals surface area contributed by atoms with Crippen LogP contribution in [0.1, 0.15) is 56.1 Å². The molecule has 1 aliphatic carbocycles. The fourth-order valence-corrected chi connectivity index (χ4v) is 5.90. The van der Waals surface area contributed by atoms with E-state index in [1.165, 1.54) is 12.8 Å². The van der Waals surface area contributed by atoms with Gasteiger partial charge in [0.2, 0.25) is 0 Å². The first kappa shape index (κ1) is 24.5. The van der Waals surface area contributed by atoms with Gasteiger partial charge in [0.1, 0.15) is 17.5 Å². The van der Waals surface area contributed by atoms with E-state index >= 15 is 0 Å². The van der Waals surface area contributed by atoms with E-state index in [0.29, 0.717) is 17.8 Å². The molecule has 1 aliphatic heterocycles. The van der Waals surface area contributed by atoms with Crippen LogP contribution in [0.2, 0.25) is 0 Å². The highest BCUT2D eigenvalue weighted by Crippen LogP contribution is 2.42. The number of benzene rings is 2. The fourth-order valence-electron chi connectivity index (χ4n) is 5.56. The lowest BCUT2D eigenvalue weighted by Gasteiger charge is -2.29. The molecule has 2 aliphatic rings. The van der Waals surface area contributed by atoms with Crippen LogP contribution >= 0.6 is 12.2 Å². The second kappa shape index (κ2) is 10.9. The van der Waals surface area contributed by atoms with Gasteiger partial charge < -0.3 is 24.3 Å². The van der Waals surface area contributed by atoms with Crippen LogP contribution in [0.4, 0.5) is 5.69 Å². The van der Waals surface area contributed by atoms with Crippen LogP contribution in [-0.4, -0.2) is 27.4 Å². The number of pyridine rings is 1. The molecule has 194 valence electrons. The van der Waals surface area contributed by atoms with E-state index < -0.39 is 0 Å². The Morgan fingerprint density at radius 3 is 2.34 bits per heavy atom. The van der Waals surface area contributed by atoms with E-state index in [9.17, 15) is 0 Å². The summed E-state index contributed by atoms with van der Waals surface area (Å²) in [5, 5.41) is 4.24. The topological polar surface area (TPSA) is 51.5 Å². The van der Waals surface area contributed by atoms with E-state index in [4.69, 9.17) is 26.7 Å². The Labute approximate surface area is 229 Å². The summed E-state index contributed by atoms with van der Waals surface area (Å²) in [5.41, 5.74) is 4.14. The summed E-state index contributed by atoms with van der Waals surface area (Å²) in [4.78, 5) is 6.90. The molecule has 2 aromatic heterocycles. The molecule has 1 saturated carbocycles. The van der Waals surface area contributed by atoms with Gasteiger partial charge in [0.05, 0.1) is 24.4 Å². The van der Waals surface area contributed by atoms with Crippen molar-refractivity contribution in [3.05, 3.63) is 103 Å². The van der Waals surface area contributed by atoms with Gasteiger partial charge in [0, 0.05) is 29.5 Å². The number of nitrogens with one attached hydrogen (secondary N) is 1. The Morgan fingerprint density at radius 2 is 1.63 bits per heavy atom. The molecule has 38 heavy (non-hydrogen) atoms. The monoisotopic (exact) mass is 524 g/mol. The average Bonchev–Trinajstić information content (AvgIpc) is 3.71. The van der Waals surface area contributed by atoms with E-state index in [2.05, 4.69) is 75.6 Å². The van der Waals surface area contributed by atoms with Crippen LogP contribution in [0.25, 0.3) is 5.69 Å². The van der Waals surface area contributed by atoms with Crippen molar-refractivity contribution in [1.82, 2.24) is 14.9 Å². The van der Waals surface area contributed by atoms with Crippen LogP contribution in [-0.2, 0) is 0 Å². The third-order valence-corrected chi connectivity index (χ3v) is 7.64. The molecule has 1 N–H and O–H groups in total. The molecule has 6 nitrogen and oxygen atoms in total. The normalized spacial score (nSPS) is 19.5. The number of rotatable bonds is 8. The lowest BCUT2D eigenvalue weighted by atomic mass is 10.0. The molecule has 0 spiro atoms.